The van der Waals surface area contributed by atoms with Crippen LogP contribution in [0.5, 0.6) is 0 Å². The van der Waals surface area contributed by atoms with Crippen molar-refractivity contribution < 1.29 is 0 Å². The van der Waals surface area contributed by atoms with Gasteiger partial charge in [-0.1, -0.05) is 37.8 Å². The largest absolute Gasteiger partial charge is 0.316 e. The molecule has 0 aliphatic carbocycles. The van der Waals surface area contributed by atoms with Crippen molar-refractivity contribution >= 4 is 0 Å². The van der Waals surface area contributed by atoms with Gasteiger partial charge in [0.05, 0.1) is 0 Å². The zero-order chi connectivity index (χ0) is 8.23. The molecule has 1 heterocycles. The lowest BCUT2D eigenvalue weighted by Gasteiger charge is -2.22. The summed E-state index contributed by atoms with van der Waals surface area (Å²) in [6.07, 6.45) is 2.66. The zero-order valence-corrected chi connectivity index (χ0v) is 7.29. The lowest BCUT2D eigenvalue weighted by molar-refractivity contribution is 0.461. The second kappa shape index (κ2) is 5.03. The Labute approximate surface area is 81.2 Å². The van der Waals surface area contributed by atoms with Crippen molar-refractivity contribution in [2.45, 2.75) is 26.2 Å². The predicted molar refractivity (Wildman–Crippen MR) is 58.0 cm³/mol. The first kappa shape index (κ1) is 10.3. The molecule has 0 radical (unpaired) electrons. The summed E-state index contributed by atoms with van der Waals surface area (Å²) < 4.78 is 0. The van der Waals surface area contributed by atoms with Crippen LogP contribution in [0.15, 0.2) is 30.3 Å². The molecule has 1 aliphatic rings. The summed E-state index contributed by atoms with van der Waals surface area (Å²) in [5.41, 5.74) is 1.49. The van der Waals surface area contributed by atoms with E-state index in [0.717, 1.165) is 12.5 Å². The van der Waals surface area contributed by atoms with Crippen molar-refractivity contribution in [2.75, 3.05) is 13.1 Å². The van der Waals surface area contributed by atoms with Crippen molar-refractivity contribution in [3.8, 4) is 0 Å². The number of rotatable bonds is 1. The minimum absolute atomic E-state index is 0. The first-order valence-electron chi connectivity index (χ1n) is 4.72. The van der Waals surface area contributed by atoms with Crippen LogP contribution in [0.4, 0.5) is 0 Å². The Bertz CT molecular complexity index is 224. The molecule has 1 aliphatic heterocycles. The monoisotopic (exact) mass is 177 g/mol. The fourth-order valence-corrected chi connectivity index (χ4v) is 1.86. The Hall–Kier alpha value is -0.820. The molecule has 1 aromatic carbocycles. The molecule has 0 bridgehead atoms. The predicted octanol–water partition coefficient (Wildman–Crippen LogP) is 2.79. The van der Waals surface area contributed by atoms with E-state index < -0.39 is 0 Å². The van der Waals surface area contributed by atoms with E-state index in [4.69, 9.17) is 0 Å². The summed E-state index contributed by atoms with van der Waals surface area (Å²) in [4.78, 5) is 0. The van der Waals surface area contributed by atoms with Crippen LogP contribution in [0.2, 0.25) is 0 Å². The van der Waals surface area contributed by atoms with Crippen LogP contribution >= 0.6 is 0 Å². The van der Waals surface area contributed by atoms with Gasteiger partial charge in [0, 0.05) is 6.54 Å². The molecule has 72 valence electrons. The number of hydrogen-bond donors (Lipinski definition) is 1. The Morgan fingerprint density at radius 3 is 2.54 bits per heavy atom. The minimum atomic E-state index is 0. The molecule has 0 amide bonds. The molecule has 1 atom stereocenters. The summed E-state index contributed by atoms with van der Waals surface area (Å²) in [5, 5.41) is 3.43. The number of benzene rings is 1. The Morgan fingerprint density at radius 1 is 1.15 bits per heavy atom. The van der Waals surface area contributed by atoms with Gasteiger partial charge in [0.25, 0.3) is 0 Å². The fraction of sp³-hybridized carbons (Fsp3) is 0.500. The van der Waals surface area contributed by atoms with E-state index in [1.807, 2.05) is 0 Å². The standard InChI is InChI=1S/C11H15N.CH4/c1-2-5-10(6-3-1)11-7-4-8-12-9-11;/h1-3,5-6,11-12H,4,7-9H2;1H4. The molecule has 1 saturated heterocycles. The van der Waals surface area contributed by atoms with Crippen LogP contribution in [-0.4, -0.2) is 13.1 Å². The molecule has 1 fully saturated rings. The van der Waals surface area contributed by atoms with Gasteiger partial charge in [-0.25, -0.2) is 0 Å². The van der Waals surface area contributed by atoms with Crippen LogP contribution in [-0.2, 0) is 0 Å². The highest BCUT2D eigenvalue weighted by atomic mass is 14.9. The third kappa shape index (κ3) is 2.56. The second-order valence-electron chi connectivity index (χ2n) is 3.45. The van der Waals surface area contributed by atoms with Gasteiger partial charge in [-0.2, -0.15) is 0 Å². The number of hydrogen-bond acceptors (Lipinski definition) is 1. The van der Waals surface area contributed by atoms with E-state index in [0.29, 0.717) is 0 Å². The summed E-state index contributed by atoms with van der Waals surface area (Å²) in [6, 6.07) is 10.8. The molecular weight excluding hydrogens is 158 g/mol. The van der Waals surface area contributed by atoms with Crippen LogP contribution in [0.25, 0.3) is 0 Å². The molecule has 13 heavy (non-hydrogen) atoms. The lowest BCUT2D eigenvalue weighted by atomic mass is 9.92. The van der Waals surface area contributed by atoms with Crippen LogP contribution < -0.4 is 5.32 Å². The van der Waals surface area contributed by atoms with Gasteiger partial charge in [0.1, 0.15) is 0 Å². The minimum Gasteiger partial charge on any atom is -0.316 e. The molecule has 2 rings (SSSR count). The van der Waals surface area contributed by atoms with Gasteiger partial charge in [-0.05, 0) is 30.9 Å². The van der Waals surface area contributed by atoms with E-state index in [9.17, 15) is 0 Å². The molecule has 1 nitrogen and oxygen atoms in total. The summed E-state index contributed by atoms with van der Waals surface area (Å²) in [5.74, 6) is 0.750. The lowest BCUT2D eigenvalue weighted by Crippen LogP contribution is -2.28. The third-order valence-corrected chi connectivity index (χ3v) is 2.57. The highest BCUT2D eigenvalue weighted by molar-refractivity contribution is 5.20. The Morgan fingerprint density at radius 2 is 1.92 bits per heavy atom. The normalized spacial score (nSPS) is 22.0. The van der Waals surface area contributed by atoms with E-state index in [2.05, 4.69) is 35.6 Å². The van der Waals surface area contributed by atoms with Gasteiger partial charge in [0.15, 0.2) is 0 Å². The van der Waals surface area contributed by atoms with Crippen molar-refractivity contribution in [3.63, 3.8) is 0 Å². The highest BCUT2D eigenvalue weighted by Gasteiger charge is 2.13. The molecule has 0 saturated carbocycles. The zero-order valence-electron chi connectivity index (χ0n) is 7.29. The maximum absolute atomic E-state index is 3.43. The van der Waals surface area contributed by atoms with Crippen LogP contribution in [0.3, 0.4) is 0 Å². The Balaban J connectivity index is 0.000000845. The highest BCUT2D eigenvalue weighted by Crippen LogP contribution is 2.22. The van der Waals surface area contributed by atoms with Crippen molar-refractivity contribution in [3.05, 3.63) is 35.9 Å². The summed E-state index contributed by atoms with van der Waals surface area (Å²) in [7, 11) is 0. The molecule has 1 N–H and O–H groups in total. The third-order valence-electron chi connectivity index (χ3n) is 2.57. The van der Waals surface area contributed by atoms with Crippen LogP contribution in [0, 0.1) is 0 Å². The van der Waals surface area contributed by atoms with Gasteiger partial charge in [-0.15, -0.1) is 0 Å². The topological polar surface area (TPSA) is 12.0 Å². The molecule has 1 unspecified atom stereocenters. The van der Waals surface area contributed by atoms with Crippen molar-refractivity contribution in [1.29, 1.82) is 0 Å². The summed E-state index contributed by atoms with van der Waals surface area (Å²) >= 11 is 0. The Kier molecular flexibility index (Phi) is 3.97. The van der Waals surface area contributed by atoms with E-state index in [-0.39, 0.29) is 7.43 Å². The first-order chi connectivity index (χ1) is 5.97. The molecule has 1 aromatic rings. The van der Waals surface area contributed by atoms with E-state index in [1.165, 1.54) is 24.9 Å². The van der Waals surface area contributed by atoms with Crippen molar-refractivity contribution in [2.24, 2.45) is 0 Å². The average Bonchev–Trinajstić information content (AvgIpc) is 2.21. The number of piperidine rings is 1. The van der Waals surface area contributed by atoms with Gasteiger partial charge >= 0.3 is 0 Å². The fourth-order valence-electron chi connectivity index (χ4n) is 1.86. The maximum atomic E-state index is 3.43. The van der Waals surface area contributed by atoms with Gasteiger partial charge < -0.3 is 5.32 Å². The quantitative estimate of drug-likeness (QED) is 0.695. The first-order valence-corrected chi connectivity index (χ1v) is 4.72. The summed E-state index contributed by atoms with van der Waals surface area (Å²) in [6.45, 7) is 2.35. The maximum Gasteiger partial charge on any atom is 0.00201 e. The van der Waals surface area contributed by atoms with Crippen molar-refractivity contribution in [1.82, 2.24) is 5.32 Å². The molecule has 1 heteroatoms. The SMILES string of the molecule is C.c1ccc(C2CCCNC2)cc1. The average molecular weight is 177 g/mol. The molecular formula is C12H19N. The number of nitrogens with one attached hydrogen (secondary N) is 1. The van der Waals surface area contributed by atoms with Crippen LogP contribution in [0.1, 0.15) is 31.7 Å². The van der Waals surface area contributed by atoms with Gasteiger partial charge in [0.2, 0.25) is 0 Å². The second-order valence-corrected chi connectivity index (χ2v) is 3.45. The van der Waals surface area contributed by atoms with E-state index >= 15 is 0 Å². The van der Waals surface area contributed by atoms with E-state index in [1.54, 1.807) is 0 Å². The van der Waals surface area contributed by atoms with Gasteiger partial charge in [-0.3, -0.25) is 0 Å². The smallest absolute Gasteiger partial charge is 0.00201 e. The molecule has 0 spiro atoms. The molecule has 0 aromatic heterocycles.